The van der Waals surface area contributed by atoms with Gasteiger partial charge in [-0.25, -0.2) is 0 Å². The fourth-order valence-corrected chi connectivity index (χ4v) is 4.21. The minimum Gasteiger partial charge on any atom is -0.490 e. The standard InChI is InChI=1S/C17H26O/c1-9(2)13(7)18-17-12(6)14-8-15(17)11(5)16(14)10(3)4/h11-12,14-17H,1,3,7-8H2,2,4-6H3. The van der Waals surface area contributed by atoms with E-state index in [1.54, 1.807) is 0 Å². The summed E-state index contributed by atoms with van der Waals surface area (Å²) in [5, 5.41) is 0. The molecule has 0 radical (unpaired) electrons. The van der Waals surface area contributed by atoms with Crippen LogP contribution in [0.15, 0.2) is 36.6 Å². The highest BCUT2D eigenvalue weighted by Gasteiger charge is 2.56. The average Bonchev–Trinajstić information content (AvgIpc) is 2.75. The van der Waals surface area contributed by atoms with Gasteiger partial charge < -0.3 is 4.74 Å². The van der Waals surface area contributed by atoms with Gasteiger partial charge in [0.15, 0.2) is 0 Å². The maximum absolute atomic E-state index is 6.09. The summed E-state index contributed by atoms with van der Waals surface area (Å²) >= 11 is 0. The van der Waals surface area contributed by atoms with Crippen molar-refractivity contribution in [3.05, 3.63) is 36.6 Å². The van der Waals surface area contributed by atoms with Crippen LogP contribution in [0, 0.1) is 29.6 Å². The summed E-state index contributed by atoms with van der Waals surface area (Å²) in [6.45, 7) is 20.9. The molecule has 18 heavy (non-hydrogen) atoms. The van der Waals surface area contributed by atoms with E-state index in [-0.39, 0.29) is 0 Å². The second-order valence-electron chi connectivity index (χ2n) is 6.44. The minimum atomic E-state index is 0.324. The smallest absolute Gasteiger partial charge is 0.114 e. The number of ether oxygens (including phenoxy) is 1. The molecule has 2 fully saturated rings. The second-order valence-corrected chi connectivity index (χ2v) is 6.44. The van der Waals surface area contributed by atoms with Crippen LogP contribution in [-0.4, -0.2) is 6.10 Å². The highest BCUT2D eigenvalue weighted by atomic mass is 16.5. The molecule has 1 nitrogen and oxygen atoms in total. The number of rotatable bonds is 4. The number of fused-ring (bicyclic) bond motifs is 2. The predicted octanol–water partition coefficient (Wildman–Crippen LogP) is 4.58. The Balaban J connectivity index is 2.13. The molecule has 0 N–H and O–H groups in total. The predicted molar refractivity (Wildman–Crippen MR) is 77.1 cm³/mol. The average molecular weight is 246 g/mol. The van der Waals surface area contributed by atoms with Crippen molar-refractivity contribution in [3.8, 4) is 0 Å². The zero-order valence-corrected chi connectivity index (χ0v) is 12.2. The molecule has 2 aliphatic carbocycles. The Morgan fingerprint density at radius 1 is 1.00 bits per heavy atom. The van der Waals surface area contributed by atoms with E-state index in [2.05, 4.69) is 40.5 Å². The lowest BCUT2D eigenvalue weighted by atomic mass is 9.71. The van der Waals surface area contributed by atoms with E-state index in [9.17, 15) is 0 Å². The topological polar surface area (TPSA) is 9.23 Å². The summed E-state index contributed by atoms with van der Waals surface area (Å²) in [7, 11) is 0. The van der Waals surface area contributed by atoms with Crippen LogP contribution in [-0.2, 0) is 4.74 Å². The quantitative estimate of drug-likeness (QED) is 0.401. The van der Waals surface area contributed by atoms with Crippen molar-refractivity contribution in [2.24, 2.45) is 29.6 Å². The molecular weight excluding hydrogens is 220 g/mol. The molecule has 2 aliphatic rings. The summed E-state index contributed by atoms with van der Waals surface area (Å²) in [6, 6.07) is 0. The van der Waals surface area contributed by atoms with Gasteiger partial charge in [0.05, 0.1) is 0 Å². The van der Waals surface area contributed by atoms with E-state index in [0.717, 1.165) is 17.3 Å². The second kappa shape index (κ2) is 4.60. The third-order valence-electron chi connectivity index (χ3n) is 5.19. The first-order valence-corrected chi connectivity index (χ1v) is 7.01. The maximum atomic E-state index is 6.09. The van der Waals surface area contributed by atoms with Crippen LogP contribution in [0.3, 0.4) is 0 Å². The summed E-state index contributed by atoms with van der Waals surface area (Å²) < 4.78 is 6.09. The van der Waals surface area contributed by atoms with Crippen molar-refractivity contribution >= 4 is 0 Å². The van der Waals surface area contributed by atoms with Gasteiger partial charge >= 0.3 is 0 Å². The van der Waals surface area contributed by atoms with E-state index in [4.69, 9.17) is 4.74 Å². The highest BCUT2D eigenvalue weighted by molar-refractivity contribution is 5.19. The Morgan fingerprint density at radius 3 is 2.11 bits per heavy atom. The Kier molecular flexibility index (Phi) is 3.44. The zero-order valence-electron chi connectivity index (χ0n) is 12.2. The van der Waals surface area contributed by atoms with Gasteiger partial charge in [-0.1, -0.05) is 39.2 Å². The Morgan fingerprint density at radius 2 is 1.61 bits per heavy atom. The first kappa shape index (κ1) is 13.5. The molecule has 6 unspecified atom stereocenters. The Bertz CT molecular complexity index is 392. The van der Waals surface area contributed by atoms with Gasteiger partial charge in [0.2, 0.25) is 0 Å². The van der Waals surface area contributed by atoms with E-state index in [1.807, 2.05) is 6.92 Å². The minimum absolute atomic E-state index is 0.324. The van der Waals surface area contributed by atoms with E-state index in [0.29, 0.717) is 29.8 Å². The van der Waals surface area contributed by atoms with Gasteiger partial charge in [-0.15, -0.1) is 0 Å². The lowest BCUT2D eigenvalue weighted by molar-refractivity contribution is 0.000907. The summed E-state index contributed by atoms with van der Waals surface area (Å²) in [4.78, 5) is 0. The van der Waals surface area contributed by atoms with Crippen molar-refractivity contribution in [3.63, 3.8) is 0 Å². The lowest BCUT2D eigenvalue weighted by Gasteiger charge is -2.39. The van der Waals surface area contributed by atoms with Crippen molar-refractivity contribution in [1.29, 1.82) is 0 Å². The van der Waals surface area contributed by atoms with Gasteiger partial charge in [0.1, 0.15) is 11.9 Å². The fourth-order valence-electron chi connectivity index (χ4n) is 4.21. The maximum Gasteiger partial charge on any atom is 0.114 e. The normalized spacial score (nSPS) is 41.8. The molecule has 100 valence electrons. The third kappa shape index (κ3) is 1.94. The van der Waals surface area contributed by atoms with E-state index >= 15 is 0 Å². The highest BCUT2D eigenvalue weighted by Crippen LogP contribution is 2.58. The van der Waals surface area contributed by atoms with Gasteiger partial charge in [-0.05, 0) is 55.4 Å². The largest absolute Gasteiger partial charge is 0.490 e. The molecule has 6 atom stereocenters. The zero-order chi connectivity index (χ0) is 13.6. The van der Waals surface area contributed by atoms with Gasteiger partial charge in [0, 0.05) is 0 Å². The van der Waals surface area contributed by atoms with Crippen LogP contribution in [0.5, 0.6) is 0 Å². The molecule has 2 saturated carbocycles. The van der Waals surface area contributed by atoms with Crippen LogP contribution in [0.4, 0.5) is 0 Å². The molecule has 0 heterocycles. The van der Waals surface area contributed by atoms with Gasteiger partial charge in [-0.2, -0.15) is 0 Å². The molecule has 0 aromatic rings. The number of hydrogen-bond acceptors (Lipinski definition) is 1. The van der Waals surface area contributed by atoms with Crippen molar-refractivity contribution in [2.75, 3.05) is 0 Å². The van der Waals surface area contributed by atoms with Gasteiger partial charge in [-0.3, -0.25) is 0 Å². The molecule has 0 aromatic carbocycles. The molecule has 0 aromatic heterocycles. The van der Waals surface area contributed by atoms with Crippen LogP contribution in [0.25, 0.3) is 0 Å². The van der Waals surface area contributed by atoms with Crippen molar-refractivity contribution < 1.29 is 4.74 Å². The molecule has 1 heteroatoms. The first-order valence-electron chi connectivity index (χ1n) is 7.01. The van der Waals surface area contributed by atoms with Gasteiger partial charge in [0.25, 0.3) is 0 Å². The molecule has 0 spiro atoms. The molecule has 0 aliphatic heterocycles. The summed E-state index contributed by atoms with van der Waals surface area (Å²) in [6.07, 6.45) is 1.61. The Labute approximate surface area is 112 Å². The molecule has 2 bridgehead atoms. The Hall–Kier alpha value is -0.980. The number of allylic oxidation sites excluding steroid dienone is 2. The van der Waals surface area contributed by atoms with Crippen molar-refractivity contribution in [1.82, 2.24) is 0 Å². The third-order valence-corrected chi connectivity index (χ3v) is 5.19. The van der Waals surface area contributed by atoms with Crippen molar-refractivity contribution in [2.45, 2.75) is 40.2 Å². The number of hydrogen-bond donors (Lipinski definition) is 0. The monoisotopic (exact) mass is 246 g/mol. The SMILES string of the molecule is C=C(C)C(=C)OC1C(C)C2CC1C(C)C2C(=C)C. The van der Waals surface area contributed by atoms with Crippen LogP contribution in [0.2, 0.25) is 0 Å². The van der Waals surface area contributed by atoms with E-state index in [1.165, 1.54) is 12.0 Å². The first-order chi connectivity index (χ1) is 8.34. The van der Waals surface area contributed by atoms with Crippen LogP contribution >= 0.6 is 0 Å². The molecule has 2 rings (SSSR count). The van der Waals surface area contributed by atoms with Crippen LogP contribution in [0.1, 0.15) is 34.1 Å². The summed E-state index contributed by atoms with van der Waals surface area (Å²) in [5.74, 6) is 4.13. The molecule has 0 amide bonds. The fraction of sp³-hybridized carbons (Fsp3) is 0.647. The van der Waals surface area contributed by atoms with Crippen LogP contribution < -0.4 is 0 Å². The molecule has 0 saturated heterocycles. The molecular formula is C17H26O. The van der Waals surface area contributed by atoms with E-state index < -0.39 is 0 Å². The summed E-state index contributed by atoms with van der Waals surface area (Å²) in [5.41, 5.74) is 2.29. The lowest BCUT2D eigenvalue weighted by Crippen LogP contribution is -2.38.